The molecule has 5 atom stereocenters. The highest BCUT2D eigenvalue weighted by atomic mass is 35.5. The van der Waals surface area contributed by atoms with Crippen LogP contribution in [0.4, 0.5) is 15.4 Å². The monoisotopic (exact) mass is 1840 g/mol. The third-order valence-electron chi connectivity index (χ3n) is 22.9. The summed E-state index contributed by atoms with van der Waals surface area (Å²) in [6, 6.07) is 10.7. The second-order valence-electron chi connectivity index (χ2n) is 31.7. The van der Waals surface area contributed by atoms with E-state index in [0.29, 0.717) is 127 Å². The van der Waals surface area contributed by atoms with Crippen LogP contribution in [0.1, 0.15) is 224 Å². The first kappa shape index (κ1) is 91.8. The van der Waals surface area contributed by atoms with E-state index in [1.54, 1.807) is 24.0 Å². The number of amides is 7. The number of nitrogen functional groups attached to an aromatic ring is 1. The smallest absolute Gasteiger partial charge is 0.257 e. The van der Waals surface area contributed by atoms with Crippen LogP contribution in [0.5, 0.6) is 0 Å². The molecule has 4 N–H and O–H groups in total. The number of nitrogens with two attached hydrogens (primary N) is 1. The number of anilines is 3. The van der Waals surface area contributed by atoms with Crippen LogP contribution >= 0.6 is 116 Å². The fourth-order valence-electron chi connectivity index (χ4n) is 15.7. The Kier molecular flexibility index (Phi) is 28.7. The van der Waals surface area contributed by atoms with E-state index < -0.39 is 9.84 Å². The van der Waals surface area contributed by atoms with E-state index in [0.717, 1.165) is 106 Å². The second kappa shape index (κ2) is 37.6. The Morgan fingerprint density at radius 1 is 0.442 bits per heavy atom. The number of aromatic nitrogens is 8. The van der Waals surface area contributed by atoms with Gasteiger partial charge in [0, 0.05) is 90.0 Å². The minimum absolute atomic E-state index is 0. The van der Waals surface area contributed by atoms with Gasteiger partial charge in [-0.25, -0.2) is 48.3 Å². The number of thioether (sulfide) groups is 3. The molecule has 0 saturated heterocycles. The Morgan fingerprint density at radius 3 is 1.02 bits per heavy atom. The first-order valence-electron chi connectivity index (χ1n) is 39.3. The number of sulfone groups is 1. The van der Waals surface area contributed by atoms with Gasteiger partial charge >= 0.3 is 0 Å². The lowest BCUT2D eigenvalue weighted by molar-refractivity contribution is -0.115. The van der Waals surface area contributed by atoms with Crippen molar-refractivity contribution in [3.63, 3.8) is 0 Å². The number of carbonyl (C=O) groups is 8. The Hall–Kier alpha value is -7.44. The molecule has 26 nitrogen and oxygen atoms in total. The number of hydrogen-bond donors (Lipinski definition) is 3. The van der Waals surface area contributed by atoms with E-state index in [1.807, 2.05) is 77.3 Å². The molecule has 13 heterocycles. The number of nitrogens with zero attached hydrogens (tertiary/aromatic N) is 13. The predicted molar refractivity (Wildman–Crippen MR) is 479 cm³/mol. The highest BCUT2D eigenvalue weighted by Gasteiger charge is 2.46. The minimum Gasteiger partial charge on any atom is -0.375 e. The highest BCUT2D eigenvalue weighted by Crippen LogP contribution is 2.48. The normalized spacial score (nSPS) is 17.9. The van der Waals surface area contributed by atoms with Crippen LogP contribution in [0.2, 0.25) is 15.5 Å². The summed E-state index contributed by atoms with van der Waals surface area (Å²) in [6.45, 7) is 23.4. The third kappa shape index (κ3) is 20.3. The van der Waals surface area contributed by atoms with Crippen molar-refractivity contribution in [2.75, 3.05) is 41.4 Å². The van der Waals surface area contributed by atoms with Crippen molar-refractivity contribution in [2.45, 2.75) is 231 Å². The molecule has 10 aliphatic rings. The average molecular weight is 1850 g/mol. The van der Waals surface area contributed by atoms with Crippen molar-refractivity contribution in [1.82, 2.24) is 64.4 Å². The summed E-state index contributed by atoms with van der Waals surface area (Å²) in [5, 5.41) is 9.77. The summed E-state index contributed by atoms with van der Waals surface area (Å²) < 4.78 is 25.0. The summed E-state index contributed by atoms with van der Waals surface area (Å²) in [7, 11) is -3.71. The number of thiazole rings is 3. The molecule has 8 aromatic rings. The quantitative estimate of drug-likeness (QED) is 0.0384. The van der Waals surface area contributed by atoms with Crippen molar-refractivity contribution in [3.8, 4) is 31.7 Å². The number of pyridine rings is 5. The summed E-state index contributed by atoms with van der Waals surface area (Å²) in [5.74, 6) is 2.82. The van der Waals surface area contributed by atoms with Crippen molar-refractivity contribution < 1.29 is 46.8 Å². The van der Waals surface area contributed by atoms with Gasteiger partial charge in [-0.05, 0) is 238 Å². The minimum atomic E-state index is -3.71. The van der Waals surface area contributed by atoms with Crippen molar-refractivity contribution in [2.24, 2.45) is 29.6 Å². The topological polar surface area (TPSA) is 340 Å². The van der Waals surface area contributed by atoms with Crippen molar-refractivity contribution >= 4 is 188 Å². The summed E-state index contributed by atoms with van der Waals surface area (Å²) in [6.07, 6.45) is 18.9. The van der Waals surface area contributed by atoms with Gasteiger partial charge in [-0.1, -0.05) is 76.2 Å². The molecule has 0 bridgehead atoms. The van der Waals surface area contributed by atoms with Gasteiger partial charge in [0.15, 0.2) is 30.3 Å². The maximum atomic E-state index is 13.0. The molecule has 120 heavy (non-hydrogen) atoms. The van der Waals surface area contributed by atoms with Crippen LogP contribution in [0.3, 0.4) is 0 Å². The molecule has 5 aliphatic carbocycles. The largest absolute Gasteiger partial charge is 0.375 e. The van der Waals surface area contributed by atoms with Crippen LogP contribution in [-0.2, 0) is 56.9 Å². The van der Waals surface area contributed by atoms with Crippen LogP contribution in [-0.4, -0.2) is 175 Å². The number of halogens is 4. The average Bonchev–Trinajstić information content (AvgIpc) is 1.59. The molecular formula is C83H98Cl4N16O10S7. The zero-order valence-electron chi connectivity index (χ0n) is 68.6. The van der Waals surface area contributed by atoms with Crippen LogP contribution in [0.25, 0.3) is 31.7 Å². The predicted octanol–water partition coefficient (Wildman–Crippen LogP) is 17.9. The summed E-state index contributed by atoms with van der Waals surface area (Å²) in [5.41, 5.74) is 18.1. The van der Waals surface area contributed by atoms with Gasteiger partial charge in [0.1, 0.15) is 30.5 Å². The number of hydrogen-bond acceptors (Lipinski definition) is 25. The summed E-state index contributed by atoms with van der Waals surface area (Å²) >= 11 is 31.1. The lowest BCUT2D eigenvalue weighted by Crippen LogP contribution is -2.35. The van der Waals surface area contributed by atoms with Crippen molar-refractivity contribution in [1.29, 1.82) is 0 Å². The molecule has 0 aromatic carbocycles. The third-order valence-corrected chi connectivity index (χ3v) is 29.8. The Bertz CT molecular complexity index is 5530. The molecule has 8 aromatic heterocycles. The van der Waals surface area contributed by atoms with E-state index in [9.17, 15) is 46.8 Å². The van der Waals surface area contributed by atoms with Crippen LogP contribution < -0.4 is 16.4 Å². The van der Waals surface area contributed by atoms with Crippen LogP contribution in [0, 0.1) is 50.4 Å². The Balaban J connectivity index is 0.000000137. The molecular weight excluding hydrogens is 1750 g/mol. The zero-order valence-corrected chi connectivity index (χ0v) is 77.3. The van der Waals surface area contributed by atoms with Gasteiger partial charge in [-0.2, -0.15) is 0 Å². The lowest BCUT2D eigenvalue weighted by Gasteiger charge is -2.23. The van der Waals surface area contributed by atoms with Gasteiger partial charge in [0.05, 0.1) is 76.6 Å². The molecule has 7 amide bonds. The van der Waals surface area contributed by atoms with E-state index in [4.69, 9.17) is 50.5 Å². The molecule has 37 heteroatoms. The first-order valence-corrected chi connectivity index (χ1v) is 48.8. The van der Waals surface area contributed by atoms with E-state index >= 15 is 0 Å². The van der Waals surface area contributed by atoms with Gasteiger partial charge < -0.3 is 40.9 Å². The number of rotatable bonds is 19. The maximum absolute atomic E-state index is 13.0. The molecule has 5 aliphatic heterocycles. The van der Waals surface area contributed by atoms with Gasteiger partial charge in [0.2, 0.25) is 17.1 Å². The molecule has 5 saturated carbocycles. The molecule has 18 rings (SSSR count). The Labute approximate surface area is 744 Å². The van der Waals surface area contributed by atoms with Gasteiger partial charge in [0.25, 0.3) is 29.5 Å². The maximum Gasteiger partial charge on any atom is 0.257 e. The molecule has 5 fully saturated rings. The lowest BCUT2D eigenvalue weighted by atomic mass is 10.1. The fraction of sp³-hybridized carbons (Fsp3) is 0.494. The molecule has 640 valence electrons. The molecule has 0 spiro atoms. The first-order chi connectivity index (χ1) is 56.4. The number of carbonyl (C=O) groups excluding carboxylic acids is 8. The van der Waals surface area contributed by atoms with E-state index in [2.05, 4.69) is 79.8 Å². The number of aryl methyl sites for hydroxylation is 3. The highest BCUT2D eigenvalue weighted by molar-refractivity contribution is 7.99. The van der Waals surface area contributed by atoms with Crippen molar-refractivity contribution in [3.05, 3.63) is 119 Å². The van der Waals surface area contributed by atoms with E-state index in [-0.39, 0.29) is 87.9 Å². The van der Waals surface area contributed by atoms with Crippen LogP contribution in [0.15, 0.2) is 50.4 Å². The number of fused-ring (bicyclic) bond motifs is 5. The molecule has 0 unspecified atom stereocenters. The number of nitrogens with one attached hydrogen (secondary N) is 2. The van der Waals surface area contributed by atoms with Gasteiger partial charge in [-0.15, -0.1) is 35.3 Å². The van der Waals surface area contributed by atoms with Gasteiger partial charge in [-0.3, -0.25) is 38.4 Å². The SMILES string of the molecule is C.CC(=O)Cl.CC(=O)Nc1nc(C)c(-c2cc3c(c(S(C)(=O)=O)n2)C(=O)N([C@@H](C)C2CC2)C3)s1.CSc1nc(-c2sc(N)nc2C)cc2c1C(=O)N([C@@H](C)C1CC1)C2.CSc1nc(-c2sc(NC(C)=O)nc2C)cc2c1C(=O)N([C@@H](C)C1CC1)C2.CSc1nc(Cl)cc2c1C(=O)N([C@@H](C)C1CC1)C2.C[C@@H](C1CC1)N1Cc2cc(Cl)nc(Cl)c2C1=O. The standard InChI is InChI=1S/C19H22N4O4S2.C19H22N4O2S2.C17H20N4OS2.C13H15ClN2OS.C12H12Cl2N2O.C2H3ClO.CH4/c1-9-16(28-19(20-9)21-11(3)24)14-7-13-8-23(10(2)12-5-6-12)18(25)15(13)17(22-14)29(4,26)27;1-9-16(27-19(20-9)21-11(3)24)14-7-13-8-23(10(2)12-5-6-12)18(25)15(13)17(22-14)26-4;1-8-14(24-17(18)19-8)12-6-11-7-21(9(2)10-4-5-10)16(22)13(11)15(20-12)23-3;1-7(8-3-4-8)16-6-9-5-10(14)15-12(18-2)11(9)13(16)17;1-6(7-2-3-7)16-5-8-4-9(13)15-11(14)10(8)12(16)17;1-2(3)4;/h7,10,12H,5-6,8H2,1-4H3,(H,20,21,24);7,10,12H,5-6,8H2,1-4H3,(H,20,21,24);6,9-10H,4-5,7H2,1-3H3,(H2,18,19);5,7-8H,3-4,6H2,1-2H3;4,6-7H,2-3,5H2,1H3;1H3;1H4/t2*10-;9-;7-;6-;;/m00000../s1. The Morgan fingerprint density at radius 2 is 0.717 bits per heavy atom. The second-order valence-corrected chi connectivity index (χ2v) is 40.7. The fourth-order valence-corrected chi connectivity index (χ4v) is 22.0. The summed E-state index contributed by atoms with van der Waals surface area (Å²) in [4.78, 5) is 143. The van der Waals surface area contributed by atoms with E-state index in [1.165, 1.54) is 141 Å². The zero-order chi connectivity index (χ0) is 86.0. The molecule has 0 radical (unpaired) electrons.